The van der Waals surface area contributed by atoms with Gasteiger partial charge in [-0.25, -0.2) is 9.37 Å². The van der Waals surface area contributed by atoms with Gasteiger partial charge in [-0.2, -0.15) is 0 Å². The van der Waals surface area contributed by atoms with Crippen LogP contribution in [0.3, 0.4) is 0 Å². The number of nitrogen functional groups attached to an aromatic ring is 1. The Morgan fingerprint density at radius 1 is 1.35 bits per heavy atom. The SMILES string of the molecule is Nc1nnc(-c2csc(C(=O)c3c[nH]c4ccc(F)cc34)n2)o1. The molecule has 0 spiro atoms. The van der Waals surface area contributed by atoms with Crippen molar-refractivity contribution in [3.05, 3.63) is 46.2 Å². The van der Waals surface area contributed by atoms with E-state index in [1.807, 2.05) is 0 Å². The Labute approximate surface area is 132 Å². The minimum absolute atomic E-state index is 0.0759. The number of hydrogen-bond acceptors (Lipinski definition) is 7. The number of nitrogens with one attached hydrogen (secondary N) is 1. The normalized spacial score (nSPS) is 11.2. The molecule has 4 rings (SSSR count). The zero-order valence-electron chi connectivity index (χ0n) is 11.4. The Bertz CT molecular complexity index is 1030. The van der Waals surface area contributed by atoms with Crippen molar-refractivity contribution >= 4 is 34.0 Å². The highest BCUT2D eigenvalue weighted by Gasteiger charge is 2.20. The van der Waals surface area contributed by atoms with Crippen LogP contribution in [0, 0.1) is 5.82 Å². The fourth-order valence-corrected chi connectivity index (χ4v) is 2.96. The Kier molecular flexibility index (Phi) is 2.95. The van der Waals surface area contributed by atoms with E-state index in [4.69, 9.17) is 10.2 Å². The first-order chi connectivity index (χ1) is 11.1. The van der Waals surface area contributed by atoms with Crippen molar-refractivity contribution in [1.29, 1.82) is 0 Å². The molecule has 0 aliphatic rings. The molecule has 0 bridgehead atoms. The zero-order chi connectivity index (χ0) is 16.0. The molecular weight excluding hydrogens is 321 g/mol. The lowest BCUT2D eigenvalue weighted by molar-refractivity contribution is 0.104. The van der Waals surface area contributed by atoms with Crippen LogP contribution in [0.25, 0.3) is 22.5 Å². The van der Waals surface area contributed by atoms with Crippen LogP contribution in [-0.2, 0) is 0 Å². The molecule has 0 saturated heterocycles. The van der Waals surface area contributed by atoms with Gasteiger partial charge in [-0.15, -0.1) is 16.4 Å². The van der Waals surface area contributed by atoms with Gasteiger partial charge in [-0.3, -0.25) is 4.79 Å². The third kappa shape index (κ3) is 2.27. The quantitative estimate of drug-likeness (QED) is 0.559. The van der Waals surface area contributed by atoms with E-state index in [1.165, 1.54) is 18.3 Å². The molecule has 4 aromatic rings. The van der Waals surface area contributed by atoms with Crippen molar-refractivity contribution in [2.24, 2.45) is 0 Å². The predicted molar refractivity (Wildman–Crippen MR) is 81.5 cm³/mol. The number of aromatic amines is 1. The molecule has 0 aliphatic carbocycles. The van der Waals surface area contributed by atoms with Crippen molar-refractivity contribution < 1.29 is 13.6 Å². The molecule has 1 aromatic carbocycles. The van der Waals surface area contributed by atoms with Gasteiger partial charge in [0.15, 0.2) is 5.01 Å². The van der Waals surface area contributed by atoms with Gasteiger partial charge in [0.2, 0.25) is 5.78 Å². The number of aromatic nitrogens is 4. The molecule has 0 radical (unpaired) electrons. The van der Waals surface area contributed by atoms with E-state index in [2.05, 4.69) is 20.2 Å². The second-order valence-electron chi connectivity index (χ2n) is 4.70. The molecule has 9 heteroatoms. The first-order valence-electron chi connectivity index (χ1n) is 6.48. The van der Waals surface area contributed by atoms with E-state index in [0.29, 0.717) is 22.2 Å². The van der Waals surface area contributed by atoms with Crippen LogP contribution in [0.15, 0.2) is 34.2 Å². The summed E-state index contributed by atoms with van der Waals surface area (Å²) in [6, 6.07) is 4.14. The molecule has 0 unspecified atom stereocenters. The summed E-state index contributed by atoms with van der Waals surface area (Å²) in [5.41, 5.74) is 6.76. The molecule has 3 aromatic heterocycles. The van der Waals surface area contributed by atoms with Gasteiger partial charge in [-0.05, 0) is 18.2 Å². The summed E-state index contributed by atoms with van der Waals surface area (Å²) in [6.45, 7) is 0. The fraction of sp³-hybridized carbons (Fsp3) is 0. The van der Waals surface area contributed by atoms with E-state index >= 15 is 0 Å². The number of thiazole rings is 1. The van der Waals surface area contributed by atoms with E-state index < -0.39 is 5.82 Å². The van der Waals surface area contributed by atoms with Gasteiger partial charge >= 0.3 is 6.01 Å². The lowest BCUT2D eigenvalue weighted by Gasteiger charge is -1.95. The number of halogens is 1. The summed E-state index contributed by atoms with van der Waals surface area (Å²) < 4.78 is 18.5. The largest absolute Gasteiger partial charge is 0.402 e. The second-order valence-corrected chi connectivity index (χ2v) is 5.56. The first kappa shape index (κ1) is 13.6. The van der Waals surface area contributed by atoms with Crippen molar-refractivity contribution in [3.8, 4) is 11.6 Å². The third-order valence-electron chi connectivity index (χ3n) is 3.25. The van der Waals surface area contributed by atoms with Gasteiger partial charge in [0.05, 0.1) is 5.56 Å². The highest BCUT2D eigenvalue weighted by molar-refractivity contribution is 7.12. The summed E-state index contributed by atoms with van der Waals surface area (Å²) in [5.74, 6) is -0.583. The van der Waals surface area contributed by atoms with E-state index in [0.717, 1.165) is 11.3 Å². The number of carbonyl (C=O) groups is 1. The van der Waals surface area contributed by atoms with Crippen molar-refractivity contribution in [2.45, 2.75) is 0 Å². The van der Waals surface area contributed by atoms with Crippen LogP contribution >= 0.6 is 11.3 Å². The molecule has 0 atom stereocenters. The number of rotatable bonds is 3. The molecule has 0 saturated carbocycles. The molecule has 3 N–H and O–H groups in total. The molecule has 0 amide bonds. The van der Waals surface area contributed by atoms with Crippen LogP contribution in [-0.4, -0.2) is 25.9 Å². The zero-order valence-corrected chi connectivity index (χ0v) is 12.2. The average molecular weight is 329 g/mol. The van der Waals surface area contributed by atoms with Crippen molar-refractivity contribution in [1.82, 2.24) is 20.2 Å². The molecule has 23 heavy (non-hydrogen) atoms. The summed E-state index contributed by atoms with van der Waals surface area (Å²) in [5, 5.41) is 9.63. The fourth-order valence-electron chi connectivity index (χ4n) is 2.21. The Balaban J connectivity index is 1.74. The van der Waals surface area contributed by atoms with E-state index in [9.17, 15) is 9.18 Å². The summed E-state index contributed by atoms with van der Waals surface area (Å²) in [4.78, 5) is 19.7. The number of H-pyrrole nitrogens is 1. The predicted octanol–water partition coefficient (Wildman–Crippen LogP) is 2.63. The lowest BCUT2D eigenvalue weighted by Crippen LogP contribution is -1.99. The van der Waals surface area contributed by atoms with E-state index in [-0.39, 0.29) is 22.7 Å². The molecule has 7 nitrogen and oxygen atoms in total. The Hall–Kier alpha value is -3.07. The number of nitrogens with two attached hydrogens (primary N) is 1. The third-order valence-corrected chi connectivity index (χ3v) is 4.09. The molecule has 114 valence electrons. The number of fused-ring (bicyclic) bond motifs is 1. The van der Waals surface area contributed by atoms with Crippen LogP contribution < -0.4 is 5.73 Å². The number of carbonyl (C=O) groups excluding carboxylic acids is 1. The maximum absolute atomic E-state index is 13.4. The lowest BCUT2D eigenvalue weighted by atomic mass is 10.1. The van der Waals surface area contributed by atoms with Crippen LogP contribution in [0.5, 0.6) is 0 Å². The minimum atomic E-state index is -0.410. The van der Waals surface area contributed by atoms with Gasteiger partial charge in [0.1, 0.15) is 11.5 Å². The number of benzene rings is 1. The van der Waals surface area contributed by atoms with Crippen LogP contribution in [0.1, 0.15) is 15.4 Å². The molecular formula is C14H8FN5O2S. The highest BCUT2D eigenvalue weighted by atomic mass is 32.1. The molecule has 3 heterocycles. The number of nitrogens with zero attached hydrogens (tertiary/aromatic N) is 3. The first-order valence-corrected chi connectivity index (χ1v) is 7.36. The minimum Gasteiger partial charge on any atom is -0.402 e. The number of hydrogen-bond donors (Lipinski definition) is 2. The standard InChI is InChI=1S/C14H8FN5O2S/c15-6-1-2-9-7(3-6)8(4-17-9)11(21)13-18-10(5-23-13)12-19-20-14(16)22-12/h1-5,17H,(H2,16,20). The molecule has 0 aliphatic heterocycles. The Morgan fingerprint density at radius 2 is 2.22 bits per heavy atom. The van der Waals surface area contributed by atoms with Gasteiger partial charge in [0.25, 0.3) is 5.89 Å². The summed E-state index contributed by atoms with van der Waals surface area (Å²) in [6.07, 6.45) is 1.54. The Morgan fingerprint density at radius 3 is 3.00 bits per heavy atom. The maximum Gasteiger partial charge on any atom is 0.313 e. The number of anilines is 1. The van der Waals surface area contributed by atoms with Gasteiger partial charge in [-0.1, -0.05) is 5.10 Å². The summed E-state index contributed by atoms with van der Waals surface area (Å²) in [7, 11) is 0. The smallest absolute Gasteiger partial charge is 0.313 e. The molecule has 0 fully saturated rings. The summed E-state index contributed by atoms with van der Waals surface area (Å²) >= 11 is 1.14. The van der Waals surface area contributed by atoms with Gasteiger partial charge < -0.3 is 15.1 Å². The topological polar surface area (TPSA) is 111 Å². The van der Waals surface area contributed by atoms with Crippen molar-refractivity contribution in [2.75, 3.05) is 5.73 Å². The van der Waals surface area contributed by atoms with E-state index in [1.54, 1.807) is 11.4 Å². The van der Waals surface area contributed by atoms with Crippen LogP contribution in [0.2, 0.25) is 0 Å². The van der Waals surface area contributed by atoms with Crippen LogP contribution in [0.4, 0.5) is 10.4 Å². The van der Waals surface area contributed by atoms with Gasteiger partial charge in [0, 0.05) is 22.5 Å². The average Bonchev–Trinajstić information content (AvgIpc) is 3.24. The highest BCUT2D eigenvalue weighted by Crippen LogP contribution is 2.26. The van der Waals surface area contributed by atoms with Crippen molar-refractivity contribution in [3.63, 3.8) is 0 Å². The maximum atomic E-state index is 13.4. The number of ketones is 1. The second kappa shape index (κ2) is 4.99. The monoisotopic (exact) mass is 329 g/mol.